The molecule has 2 aliphatic carbocycles. The van der Waals surface area contributed by atoms with E-state index in [1.807, 2.05) is 0 Å². The van der Waals surface area contributed by atoms with Crippen molar-refractivity contribution >= 4 is 30.1 Å². The minimum absolute atomic E-state index is 0.893. The monoisotopic (exact) mass is 413 g/mol. The van der Waals surface area contributed by atoms with Gasteiger partial charge in [-0.15, -0.1) is 0 Å². The lowest BCUT2D eigenvalue weighted by atomic mass is 9.93. The highest BCUT2D eigenvalue weighted by Crippen LogP contribution is 2.36. The minimum Gasteiger partial charge on any atom is -0.310 e. The third kappa shape index (κ3) is 3.90. The van der Waals surface area contributed by atoms with Gasteiger partial charge >= 0.3 is 0 Å². The van der Waals surface area contributed by atoms with Gasteiger partial charge in [-0.05, 0) is 77.8 Å². The van der Waals surface area contributed by atoms with E-state index in [1.54, 1.807) is 0 Å². The van der Waals surface area contributed by atoms with Gasteiger partial charge in [0.25, 0.3) is 0 Å². The van der Waals surface area contributed by atoms with Crippen LogP contribution < -0.4 is 15.3 Å². The average Bonchev–Trinajstić information content (AvgIpc) is 2.80. The third-order valence-corrected chi connectivity index (χ3v) is 6.19. The number of hydrogen-bond donors (Lipinski definition) is 0. The van der Waals surface area contributed by atoms with Crippen molar-refractivity contribution in [2.24, 2.45) is 0 Å². The molecule has 0 heterocycles. The number of allylic oxidation sites excluding steroid dienone is 6. The van der Waals surface area contributed by atoms with E-state index in [1.165, 1.54) is 33.2 Å². The molecule has 0 unspecified atom stereocenters. The second-order valence-electron chi connectivity index (χ2n) is 8.58. The number of benzene rings is 3. The van der Waals surface area contributed by atoms with Crippen LogP contribution in [0.3, 0.4) is 0 Å². The molecule has 0 aromatic heterocycles. The van der Waals surface area contributed by atoms with E-state index in [9.17, 15) is 0 Å². The van der Waals surface area contributed by atoms with E-state index in [4.69, 9.17) is 0 Å². The lowest BCUT2D eigenvalue weighted by Crippen LogP contribution is -2.25. The highest BCUT2D eigenvalue weighted by Gasteiger charge is 2.19. The Bertz CT molecular complexity index is 1350. The molecule has 5 rings (SSSR count). The molecule has 0 saturated carbocycles. The van der Waals surface area contributed by atoms with Crippen molar-refractivity contribution in [2.45, 2.75) is 20.3 Å². The Kier molecular flexibility index (Phi) is 5.25. The molecule has 3 aromatic rings. The first kappa shape index (κ1) is 20.1. The second-order valence-corrected chi connectivity index (χ2v) is 8.58. The van der Waals surface area contributed by atoms with Gasteiger partial charge in [-0.3, -0.25) is 0 Å². The number of hydrogen-bond acceptors (Lipinski definition) is 1. The highest BCUT2D eigenvalue weighted by molar-refractivity contribution is 5.74. The van der Waals surface area contributed by atoms with Gasteiger partial charge in [0, 0.05) is 17.1 Å². The summed E-state index contributed by atoms with van der Waals surface area (Å²) < 4.78 is 0. The van der Waals surface area contributed by atoms with Gasteiger partial charge < -0.3 is 4.90 Å². The molecule has 0 aliphatic heterocycles. The zero-order valence-electron chi connectivity index (χ0n) is 18.7. The summed E-state index contributed by atoms with van der Waals surface area (Å²) >= 11 is 0. The maximum absolute atomic E-state index is 4.32. The fourth-order valence-corrected chi connectivity index (χ4v) is 4.28. The Balaban J connectivity index is 1.71. The quantitative estimate of drug-likeness (QED) is 0.474. The van der Waals surface area contributed by atoms with Gasteiger partial charge in [-0.2, -0.15) is 0 Å². The Labute approximate surface area is 190 Å². The fourth-order valence-electron chi connectivity index (χ4n) is 4.28. The number of nitrogens with zero attached hydrogens (tertiary/aromatic N) is 1. The van der Waals surface area contributed by atoms with Crippen molar-refractivity contribution < 1.29 is 0 Å². The van der Waals surface area contributed by atoms with Crippen molar-refractivity contribution in [3.63, 3.8) is 0 Å². The van der Waals surface area contributed by atoms with Gasteiger partial charge in [0.05, 0.1) is 0 Å². The maximum atomic E-state index is 4.32. The van der Waals surface area contributed by atoms with Crippen molar-refractivity contribution in [2.75, 3.05) is 4.90 Å². The summed E-state index contributed by atoms with van der Waals surface area (Å²) in [6, 6.07) is 23.9. The topological polar surface area (TPSA) is 3.24 Å². The summed E-state index contributed by atoms with van der Waals surface area (Å²) in [7, 11) is 0. The zero-order valence-corrected chi connectivity index (χ0v) is 18.7. The lowest BCUT2D eigenvalue weighted by Gasteiger charge is -2.30. The van der Waals surface area contributed by atoms with E-state index in [-0.39, 0.29) is 0 Å². The van der Waals surface area contributed by atoms with Gasteiger partial charge in [0.15, 0.2) is 0 Å². The number of fused-ring (bicyclic) bond motifs is 4. The van der Waals surface area contributed by atoms with Crippen LogP contribution in [0.2, 0.25) is 0 Å². The first-order valence-electron chi connectivity index (χ1n) is 11.1. The smallest absolute Gasteiger partial charge is 0.0497 e. The zero-order chi connectivity index (χ0) is 22.1. The van der Waals surface area contributed by atoms with Crippen LogP contribution in [0.15, 0.2) is 108 Å². The molecule has 0 spiro atoms. The van der Waals surface area contributed by atoms with Gasteiger partial charge in [0.1, 0.15) is 0 Å². The van der Waals surface area contributed by atoms with Gasteiger partial charge in [-0.1, -0.05) is 90.6 Å². The summed E-state index contributed by atoms with van der Waals surface area (Å²) in [6.45, 7) is 8.58. The molecule has 3 aromatic carbocycles. The molecule has 1 nitrogen and oxygen atoms in total. The fraction of sp³-hybridized carbons (Fsp3) is 0.0968. The van der Waals surface area contributed by atoms with Crippen molar-refractivity contribution in [1.82, 2.24) is 0 Å². The Hall–Kier alpha value is -3.84. The van der Waals surface area contributed by atoms with Gasteiger partial charge in [-0.25, -0.2) is 0 Å². The number of aryl methyl sites for hydroxylation is 2. The number of anilines is 2. The van der Waals surface area contributed by atoms with Crippen LogP contribution in [-0.4, -0.2) is 0 Å². The summed E-state index contributed by atoms with van der Waals surface area (Å²) in [6.07, 6.45) is 14.3. The molecule has 0 saturated heterocycles. The van der Waals surface area contributed by atoms with Crippen molar-refractivity contribution in [1.29, 1.82) is 0 Å². The Morgan fingerprint density at radius 3 is 2.00 bits per heavy atom. The Morgan fingerprint density at radius 2 is 1.34 bits per heavy atom. The summed E-state index contributed by atoms with van der Waals surface area (Å²) in [5.41, 5.74) is 9.80. The molecule has 0 radical (unpaired) electrons. The van der Waals surface area contributed by atoms with Crippen molar-refractivity contribution in [3.8, 4) is 0 Å². The second kappa shape index (κ2) is 8.36. The summed E-state index contributed by atoms with van der Waals surface area (Å²) in [4.78, 5) is 2.36. The van der Waals surface area contributed by atoms with E-state index in [0.717, 1.165) is 28.6 Å². The highest BCUT2D eigenvalue weighted by atomic mass is 15.1. The van der Waals surface area contributed by atoms with Crippen LogP contribution in [0.4, 0.5) is 11.4 Å². The predicted molar refractivity (Wildman–Crippen MR) is 138 cm³/mol. The van der Waals surface area contributed by atoms with Crippen LogP contribution in [0, 0.1) is 13.8 Å². The molecule has 0 atom stereocenters. The van der Waals surface area contributed by atoms with Crippen LogP contribution >= 0.6 is 0 Å². The summed E-state index contributed by atoms with van der Waals surface area (Å²) in [5, 5.41) is 2.24. The average molecular weight is 414 g/mol. The largest absolute Gasteiger partial charge is 0.310 e. The van der Waals surface area contributed by atoms with E-state index in [2.05, 4.69) is 129 Å². The third-order valence-electron chi connectivity index (χ3n) is 6.19. The normalized spacial score (nSPS) is 14.6. The van der Waals surface area contributed by atoms with Crippen LogP contribution in [0.25, 0.3) is 18.7 Å². The predicted octanol–water partition coefficient (Wildman–Crippen LogP) is 6.50. The molecule has 4 bridgehead atoms. The number of rotatable bonds is 3. The lowest BCUT2D eigenvalue weighted by molar-refractivity contribution is 1.08. The van der Waals surface area contributed by atoms with Crippen LogP contribution in [-0.2, 0) is 0 Å². The first-order chi connectivity index (χ1) is 15.6. The molecule has 0 N–H and O–H groups in total. The molecule has 2 aliphatic rings. The van der Waals surface area contributed by atoms with Crippen molar-refractivity contribution in [3.05, 3.63) is 135 Å². The SMILES string of the molecule is C=c1c2cccc1=CC=C1C=CC(N(c3ccc(C)cc3)c3ccc(C)cc3)=C(C=C2)C1. The first-order valence-corrected chi connectivity index (χ1v) is 11.1. The van der Waals surface area contributed by atoms with E-state index in [0.29, 0.717) is 0 Å². The van der Waals surface area contributed by atoms with E-state index < -0.39 is 0 Å². The van der Waals surface area contributed by atoms with Gasteiger partial charge in [0.2, 0.25) is 0 Å². The van der Waals surface area contributed by atoms with E-state index >= 15 is 0 Å². The minimum atomic E-state index is 0.893. The molecule has 0 amide bonds. The van der Waals surface area contributed by atoms with Crippen LogP contribution in [0.1, 0.15) is 23.1 Å². The molecule has 0 fully saturated rings. The molecular weight excluding hydrogens is 386 g/mol. The standard InChI is InChI=1S/C31H27N/c1-22-7-16-29(17-8-22)32(30-18-9-23(2)10-19-30)31-20-12-25-11-13-26-5-4-6-27(24(26)3)14-15-28(31)21-25/h4-20H,3,21H2,1-2H3. The summed E-state index contributed by atoms with van der Waals surface area (Å²) in [5.74, 6) is 0. The molecule has 156 valence electrons. The molecular formula is C31H27N. The Morgan fingerprint density at radius 1 is 0.688 bits per heavy atom. The molecule has 1 heteroatoms. The molecule has 32 heavy (non-hydrogen) atoms. The van der Waals surface area contributed by atoms with Crippen LogP contribution in [0.5, 0.6) is 0 Å². The maximum Gasteiger partial charge on any atom is 0.0497 e.